The van der Waals surface area contributed by atoms with E-state index in [1.54, 1.807) is 7.11 Å². The highest BCUT2D eigenvalue weighted by molar-refractivity contribution is 9.10. The quantitative estimate of drug-likeness (QED) is 0.854. The van der Waals surface area contributed by atoms with Crippen LogP contribution >= 0.6 is 15.9 Å². The number of benzene rings is 2. The van der Waals surface area contributed by atoms with Crippen molar-refractivity contribution >= 4 is 27.3 Å². The number of ether oxygens (including phenoxy) is 1. The maximum Gasteiger partial charge on any atom is 0.119 e. The summed E-state index contributed by atoms with van der Waals surface area (Å²) in [5.74, 6) is 0.891. The third-order valence-corrected chi connectivity index (χ3v) is 4.71. The average molecular weight is 347 g/mol. The highest BCUT2D eigenvalue weighted by atomic mass is 79.9. The number of halogens is 1. The third-order valence-electron chi connectivity index (χ3n) is 3.93. The Kier molecular flexibility index (Phi) is 4.06. The molecule has 0 saturated carbocycles. The number of hydrogen-bond acceptors (Lipinski definition) is 3. The summed E-state index contributed by atoms with van der Waals surface area (Å²) >= 11 is 3.64. The minimum Gasteiger partial charge on any atom is -0.497 e. The molecular formula is C17H19BrN2O. The van der Waals surface area contributed by atoms with E-state index in [1.807, 2.05) is 18.2 Å². The highest BCUT2D eigenvalue weighted by Gasteiger charge is 2.18. The van der Waals surface area contributed by atoms with Crippen LogP contribution in [0, 0.1) is 0 Å². The summed E-state index contributed by atoms with van der Waals surface area (Å²) < 4.78 is 6.44. The average Bonchev–Trinajstić information content (AvgIpc) is 2.49. The molecule has 2 aromatic rings. The molecule has 21 heavy (non-hydrogen) atoms. The van der Waals surface area contributed by atoms with Crippen LogP contribution in [0.2, 0.25) is 0 Å². The van der Waals surface area contributed by atoms with Crippen LogP contribution in [0.4, 0.5) is 11.4 Å². The lowest BCUT2D eigenvalue weighted by molar-refractivity contribution is 0.414. The zero-order valence-corrected chi connectivity index (χ0v) is 13.7. The molecule has 0 spiro atoms. The normalized spacial score (nSPS) is 13.9. The van der Waals surface area contributed by atoms with Crippen LogP contribution in [0.1, 0.15) is 17.5 Å². The molecule has 0 aromatic heterocycles. The number of hydrogen-bond donors (Lipinski definition) is 1. The van der Waals surface area contributed by atoms with Gasteiger partial charge < -0.3 is 15.4 Å². The Hall–Kier alpha value is -1.68. The van der Waals surface area contributed by atoms with Crippen LogP contribution < -0.4 is 15.4 Å². The monoisotopic (exact) mass is 346 g/mol. The maximum atomic E-state index is 5.90. The molecule has 2 N–H and O–H groups in total. The van der Waals surface area contributed by atoms with Crippen molar-refractivity contribution in [1.29, 1.82) is 0 Å². The zero-order chi connectivity index (χ0) is 14.8. The van der Waals surface area contributed by atoms with E-state index < -0.39 is 0 Å². The second-order valence-electron chi connectivity index (χ2n) is 5.37. The van der Waals surface area contributed by atoms with Crippen molar-refractivity contribution in [3.05, 3.63) is 52.0 Å². The van der Waals surface area contributed by atoms with Crippen molar-refractivity contribution in [2.75, 3.05) is 24.3 Å². The summed E-state index contributed by atoms with van der Waals surface area (Å²) in [5.41, 5.74) is 10.6. The third kappa shape index (κ3) is 3.00. The lowest BCUT2D eigenvalue weighted by atomic mass is 10.0. The molecule has 0 atom stereocenters. The number of anilines is 2. The standard InChI is InChI=1S/C17H19BrN2O/c1-21-15-5-6-16(18)13(10-15)11-20-8-2-3-12-9-14(19)4-7-17(12)20/h4-7,9-10H,2-3,8,11,19H2,1H3. The van der Waals surface area contributed by atoms with Gasteiger partial charge in [0, 0.05) is 28.9 Å². The van der Waals surface area contributed by atoms with Crippen LogP contribution in [-0.4, -0.2) is 13.7 Å². The van der Waals surface area contributed by atoms with Crippen molar-refractivity contribution in [3.63, 3.8) is 0 Å². The van der Waals surface area contributed by atoms with E-state index in [-0.39, 0.29) is 0 Å². The minimum absolute atomic E-state index is 0.846. The van der Waals surface area contributed by atoms with Crippen LogP contribution in [0.3, 0.4) is 0 Å². The number of nitrogens with zero attached hydrogens (tertiary/aromatic N) is 1. The summed E-state index contributed by atoms with van der Waals surface area (Å²) in [6, 6.07) is 12.3. The molecule has 0 saturated heterocycles. The summed E-state index contributed by atoms with van der Waals surface area (Å²) in [6.45, 7) is 1.94. The largest absolute Gasteiger partial charge is 0.497 e. The van der Waals surface area contributed by atoms with Crippen LogP contribution in [0.15, 0.2) is 40.9 Å². The van der Waals surface area contributed by atoms with Gasteiger partial charge in [0.25, 0.3) is 0 Å². The molecular weight excluding hydrogens is 328 g/mol. The summed E-state index contributed by atoms with van der Waals surface area (Å²) in [5, 5.41) is 0. The van der Waals surface area contributed by atoms with Gasteiger partial charge in [0.2, 0.25) is 0 Å². The molecule has 1 heterocycles. The van der Waals surface area contributed by atoms with Crippen LogP contribution in [0.25, 0.3) is 0 Å². The fraction of sp³-hybridized carbons (Fsp3) is 0.294. The van der Waals surface area contributed by atoms with E-state index in [9.17, 15) is 0 Å². The first kappa shape index (κ1) is 14.3. The lowest BCUT2D eigenvalue weighted by Crippen LogP contribution is -2.29. The maximum absolute atomic E-state index is 5.90. The predicted octanol–water partition coefficient (Wildman–Crippen LogP) is 3.99. The number of aryl methyl sites for hydroxylation is 1. The van der Waals surface area contributed by atoms with Gasteiger partial charge >= 0.3 is 0 Å². The second kappa shape index (κ2) is 5.98. The number of fused-ring (bicyclic) bond motifs is 1. The van der Waals surface area contributed by atoms with Gasteiger partial charge in [-0.15, -0.1) is 0 Å². The first-order chi connectivity index (χ1) is 10.2. The Morgan fingerprint density at radius 1 is 1.24 bits per heavy atom. The predicted molar refractivity (Wildman–Crippen MR) is 90.9 cm³/mol. The fourth-order valence-corrected chi connectivity index (χ4v) is 3.24. The number of nitrogen functional groups attached to an aromatic ring is 1. The Balaban J connectivity index is 1.90. The van der Waals surface area contributed by atoms with E-state index in [1.165, 1.54) is 16.8 Å². The van der Waals surface area contributed by atoms with Gasteiger partial charge in [0.1, 0.15) is 5.75 Å². The topological polar surface area (TPSA) is 38.5 Å². The molecule has 0 aliphatic carbocycles. The highest BCUT2D eigenvalue weighted by Crippen LogP contribution is 2.32. The van der Waals surface area contributed by atoms with Crippen LogP contribution in [0.5, 0.6) is 5.75 Å². The van der Waals surface area contributed by atoms with Gasteiger partial charge in [-0.05, 0) is 60.4 Å². The number of methoxy groups -OCH3 is 1. The number of nitrogens with two attached hydrogens (primary N) is 1. The van der Waals surface area contributed by atoms with Gasteiger partial charge in [-0.25, -0.2) is 0 Å². The van der Waals surface area contributed by atoms with E-state index in [4.69, 9.17) is 10.5 Å². The van der Waals surface area contributed by atoms with E-state index in [2.05, 4.69) is 39.0 Å². The zero-order valence-electron chi connectivity index (χ0n) is 12.1. The van der Waals surface area contributed by atoms with Crippen molar-refractivity contribution in [2.24, 2.45) is 0 Å². The Labute approximate surface area is 133 Å². The summed E-state index contributed by atoms with van der Waals surface area (Å²) in [7, 11) is 1.70. The van der Waals surface area contributed by atoms with E-state index in [0.717, 1.165) is 41.8 Å². The van der Waals surface area contributed by atoms with Crippen LogP contribution in [-0.2, 0) is 13.0 Å². The van der Waals surface area contributed by atoms with Crippen molar-refractivity contribution < 1.29 is 4.74 Å². The van der Waals surface area contributed by atoms with Gasteiger partial charge in [-0.2, -0.15) is 0 Å². The molecule has 0 radical (unpaired) electrons. The second-order valence-corrected chi connectivity index (χ2v) is 6.22. The van der Waals surface area contributed by atoms with Gasteiger partial charge in [0.15, 0.2) is 0 Å². The lowest BCUT2D eigenvalue weighted by Gasteiger charge is -2.32. The molecule has 0 unspecified atom stereocenters. The Morgan fingerprint density at radius 3 is 2.90 bits per heavy atom. The van der Waals surface area contributed by atoms with Gasteiger partial charge in [-0.1, -0.05) is 15.9 Å². The smallest absolute Gasteiger partial charge is 0.119 e. The summed E-state index contributed by atoms with van der Waals surface area (Å²) in [4.78, 5) is 2.41. The summed E-state index contributed by atoms with van der Waals surface area (Å²) in [6.07, 6.45) is 2.27. The van der Waals surface area contributed by atoms with Crippen molar-refractivity contribution in [2.45, 2.75) is 19.4 Å². The van der Waals surface area contributed by atoms with Gasteiger partial charge in [-0.3, -0.25) is 0 Å². The Bertz CT molecular complexity index is 657. The molecule has 0 fully saturated rings. The van der Waals surface area contributed by atoms with Gasteiger partial charge in [0.05, 0.1) is 7.11 Å². The van der Waals surface area contributed by atoms with Crippen molar-refractivity contribution in [3.8, 4) is 5.75 Å². The molecule has 4 heteroatoms. The molecule has 0 bridgehead atoms. The molecule has 2 aromatic carbocycles. The number of rotatable bonds is 3. The van der Waals surface area contributed by atoms with E-state index >= 15 is 0 Å². The SMILES string of the molecule is COc1ccc(Br)c(CN2CCCc3cc(N)ccc32)c1. The first-order valence-electron chi connectivity index (χ1n) is 7.13. The molecule has 110 valence electrons. The minimum atomic E-state index is 0.846. The Morgan fingerprint density at radius 2 is 2.10 bits per heavy atom. The molecule has 3 nitrogen and oxygen atoms in total. The molecule has 1 aliphatic rings. The van der Waals surface area contributed by atoms with E-state index in [0.29, 0.717) is 0 Å². The fourth-order valence-electron chi connectivity index (χ4n) is 2.86. The van der Waals surface area contributed by atoms with Crippen molar-refractivity contribution in [1.82, 2.24) is 0 Å². The molecule has 0 amide bonds. The molecule has 3 rings (SSSR count). The first-order valence-corrected chi connectivity index (χ1v) is 7.92. The molecule has 1 aliphatic heterocycles.